The SMILES string of the molecule is Cc1nnc(SCc2cccc(C(=O)NCc3cccc(C(F)(F)F)c3)c2)n1Cc1ccccc1. The smallest absolute Gasteiger partial charge is 0.348 e. The zero-order valence-electron chi connectivity index (χ0n) is 18.9. The number of carbonyl (C=O) groups excluding carboxylic acids is 1. The van der Waals surface area contributed by atoms with Crippen molar-refractivity contribution < 1.29 is 18.0 Å². The Labute approximate surface area is 205 Å². The van der Waals surface area contributed by atoms with Gasteiger partial charge in [0.05, 0.1) is 12.1 Å². The van der Waals surface area contributed by atoms with Crippen LogP contribution in [0, 0.1) is 6.92 Å². The average Bonchev–Trinajstić information content (AvgIpc) is 3.20. The molecule has 1 aromatic heterocycles. The lowest BCUT2D eigenvalue weighted by atomic mass is 10.1. The highest BCUT2D eigenvalue weighted by Gasteiger charge is 2.30. The molecule has 180 valence electrons. The number of benzene rings is 3. The van der Waals surface area contributed by atoms with Gasteiger partial charge in [0.2, 0.25) is 0 Å². The van der Waals surface area contributed by atoms with Crippen LogP contribution < -0.4 is 5.32 Å². The van der Waals surface area contributed by atoms with Crippen LogP contribution in [0.5, 0.6) is 0 Å². The Morgan fingerprint density at radius 1 is 0.914 bits per heavy atom. The molecule has 0 radical (unpaired) electrons. The first-order valence-corrected chi connectivity index (χ1v) is 11.9. The summed E-state index contributed by atoms with van der Waals surface area (Å²) in [5, 5.41) is 12.0. The number of halogens is 3. The molecule has 0 aliphatic heterocycles. The Balaban J connectivity index is 1.38. The number of nitrogens with zero attached hydrogens (tertiary/aromatic N) is 3. The van der Waals surface area contributed by atoms with Crippen molar-refractivity contribution in [2.75, 3.05) is 0 Å². The van der Waals surface area contributed by atoms with Gasteiger partial charge >= 0.3 is 6.18 Å². The van der Waals surface area contributed by atoms with E-state index in [0.717, 1.165) is 34.2 Å². The average molecular weight is 497 g/mol. The molecule has 0 fully saturated rings. The van der Waals surface area contributed by atoms with Crippen LogP contribution in [-0.4, -0.2) is 20.7 Å². The molecule has 1 amide bonds. The van der Waals surface area contributed by atoms with Gasteiger partial charge in [-0.2, -0.15) is 13.2 Å². The third-order valence-electron chi connectivity index (χ3n) is 5.35. The summed E-state index contributed by atoms with van der Waals surface area (Å²) in [6, 6.07) is 22.2. The van der Waals surface area contributed by atoms with E-state index < -0.39 is 11.7 Å². The molecule has 35 heavy (non-hydrogen) atoms. The van der Waals surface area contributed by atoms with E-state index in [-0.39, 0.29) is 12.5 Å². The predicted octanol–water partition coefficient (Wildman–Crippen LogP) is 5.88. The molecule has 0 saturated carbocycles. The van der Waals surface area contributed by atoms with Gasteiger partial charge in [0.25, 0.3) is 5.91 Å². The van der Waals surface area contributed by atoms with E-state index in [4.69, 9.17) is 0 Å². The molecule has 0 bridgehead atoms. The highest BCUT2D eigenvalue weighted by Crippen LogP contribution is 2.29. The second-order valence-electron chi connectivity index (χ2n) is 7.97. The monoisotopic (exact) mass is 496 g/mol. The van der Waals surface area contributed by atoms with Crippen molar-refractivity contribution in [3.05, 3.63) is 113 Å². The Morgan fingerprint density at radius 2 is 1.63 bits per heavy atom. The van der Waals surface area contributed by atoms with Crippen LogP contribution in [0.25, 0.3) is 0 Å². The molecule has 4 aromatic rings. The fourth-order valence-corrected chi connectivity index (χ4v) is 4.43. The van der Waals surface area contributed by atoms with Crippen LogP contribution in [0.1, 0.15) is 38.4 Å². The highest BCUT2D eigenvalue weighted by molar-refractivity contribution is 7.98. The topological polar surface area (TPSA) is 59.8 Å². The molecule has 1 heterocycles. The zero-order chi connectivity index (χ0) is 24.8. The van der Waals surface area contributed by atoms with Gasteiger partial charge in [-0.15, -0.1) is 10.2 Å². The van der Waals surface area contributed by atoms with E-state index >= 15 is 0 Å². The molecule has 0 spiro atoms. The van der Waals surface area contributed by atoms with Gasteiger partial charge in [-0.1, -0.05) is 66.4 Å². The number of amides is 1. The maximum atomic E-state index is 12.9. The molecule has 0 aliphatic carbocycles. The van der Waals surface area contributed by atoms with Gasteiger partial charge in [-0.05, 0) is 47.9 Å². The quantitative estimate of drug-likeness (QED) is 0.310. The summed E-state index contributed by atoms with van der Waals surface area (Å²) in [5.74, 6) is 1.05. The summed E-state index contributed by atoms with van der Waals surface area (Å²) in [5.41, 5.74) is 2.16. The van der Waals surface area contributed by atoms with E-state index in [1.54, 1.807) is 24.3 Å². The van der Waals surface area contributed by atoms with Gasteiger partial charge in [-0.3, -0.25) is 4.79 Å². The third-order valence-corrected chi connectivity index (χ3v) is 6.39. The van der Waals surface area contributed by atoms with Crippen LogP contribution >= 0.6 is 11.8 Å². The summed E-state index contributed by atoms with van der Waals surface area (Å²) < 4.78 is 40.8. The molecule has 0 unspecified atom stereocenters. The van der Waals surface area contributed by atoms with E-state index in [0.29, 0.717) is 23.4 Å². The molecule has 4 rings (SSSR count). The van der Waals surface area contributed by atoms with Crippen LogP contribution in [-0.2, 0) is 25.0 Å². The van der Waals surface area contributed by atoms with E-state index in [9.17, 15) is 18.0 Å². The number of rotatable bonds is 8. The van der Waals surface area contributed by atoms with Crippen molar-refractivity contribution in [3.8, 4) is 0 Å². The van der Waals surface area contributed by atoms with Crippen molar-refractivity contribution in [2.24, 2.45) is 0 Å². The number of hydrogen-bond acceptors (Lipinski definition) is 4. The first-order chi connectivity index (χ1) is 16.8. The predicted molar refractivity (Wildman–Crippen MR) is 129 cm³/mol. The highest BCUT2D eigenvalue weighted by atomic mass is 32.2. The third kappa shape index (κ3) is 6.51. The summed E-state index contributed by atoms with van der Waals surface area (Å²) in [7, 11) is 0. The fraction of sp³-hybridized carbons (Fsp3) is 0.192. The number of hydrogen-bond donors (Lipinski definition) is 1. The number of carbonyl (C=O) groups is 1. The number of alkyl halides is 3. The molecule has 0 atom stereocenters. The normalized spacial score (nSPS) is 11.4. The van der Waals surface area contributed by atoms with Crippen LogP contribution in [0.3, 0.4) is 0 Å². The molecule has 9 heteroatoms. The summed E-state index contributed by atoms with van der Waals surface area (Å²) in [6.45, 7) is 2.58. The van der Waals surface area contributed by atoms with Crippen molar-refractivity contribution in [1.82, 2.24) is 20.1 Å². The molecule has 0 saturated heterocycles. The van der Waals surface area contributed by atoms with E-state index in [2.05, 4.69) is 27.6 Å². The maximum absolute atomic E-state index is 12.9. The Hall–Kier alpha value is -3.59. The van der Waals surface area contributed by atoms with Gasteiger partial charge in [-0.25, -0.2) is 0 Å². The van der Waals surface area contributed by atoms with E-state index in [1.165, 1.54) is 17.8 Å². The molecule has 5 nitrogen and oxygen atoms in total. The molecular weight excluding hydrogens is 473 g/mol. The molecule has 3 aromatic carbocycles. The minimum Gasteiger partial charge on any atom is -0.348 e. The lowest BCUT2D eigenvalue weighted by molar-refractivity contribution is -0.137. The largest absolute Gasteiger partial charge is 0.416 e. The number of thioether (sulfide) groups is 1. The standard InChI is InChI=1S/C26H23F3N4OS/c1-18-31-32-25(33(18)16-19-7-3-2-4-8-19)35-17-21-10-5-11-22(13-21)24(34)30-15-20-9-6-12-23(14-20)26(27,28)29/h2-14H,15-17H2,1H3,(H,30,34). The minimum atomic E-state index is -4.42. The van der Waals surface area contributed by atoms with Gasteiger partial charge in [0.15, 0.2) is 5.16 Å². The Bertz CT molecular complexity index is 1310. The number of aryl methyl sites for hydroxylation is 1. The fourth-order valence-electron chi connectivity index (χ4n) is 3.51. The molecule has 1 N–H and O–H groups in total. The number of nitrogens with one attached hydrogen (secondary N) is 1. The lowest BCUT2D eigenvalue weighted by Gasteiger charge is -2.11. The first kappa shape index (κ1) is 24.5. The lowest BCUT2D eigenvalue weighted by Crippen LogP contribution is -2.23. The van der Waals surface area contributed by atoms with Crippen molar-refractivity contribution in [3.63, 3.8) is 0 Å². The maximum Gasteiger partial charge on any atom is 0.416 e. The summed E-state index contributed by atoms with van der Waals surface area (Å²) in [6.07, 6.45) is -4.42. The zero-order valence-corrected chi connectivity index (χ0v) is 19.7. The van der Waals surface area contributed by atoms with Gasteiger partial charge < -0.3 is 9.88 Å². The number of aromatic nitrogens is 3. The summed E-state index contributed by atoms with van der Waals surface area (Å²) in [4.78, 5) is 12.6. The second-order valence-corrected chi connectivity index (χ2v) is 8.91. The molecule has 0 aliphatic rings. The van der Waals surface area contributed by atoms with Crippen molar-refractivity contribution >= 4 is 17.7 Å². The Kier molecular flexibility index (Phi) is 7.55. The summed E-state index contributed by atoms with van der Waals surface area (Å²) >= 11 is 1.53. The second kappa shape index (κ2) is 10.8. The Morgan fingerprint density at radius 3 is 2.40 bits per heavy atom. The first-order valence-electron chi connectivity index (χ1n) is 10.9. The van der Waals surface area contributed by atoms with Crippen molar-refractivity contribution in [2.45, 2.75) is 37.1 Å². The van der Waals surface area contributed by atoms with Crippen molar-refractivity contribution in [1.29, 1.82) is 0 Å². The van der Waals surface area contributed by atoms with E-state index in [1.807, 2.05) is 35.8 Å². The van der Waals surface area contributed by atoms with Crippen LogP contribution in [0.2, 0.25) is 0 Å². The van der Waals surface area contributed by atoms with Crippen LogP contribution in [0.15, 0.2) is 84.0 Å². The molecular formula is C26H23F3N4OS. The van der Waals surface area contributed by atoms with Crippen LogP contribution in [0.4, 0.5) is 13.2 Å². The van der Waals surface area contributed by atoms with Gasteiger partial charge in [0, 0.05) is 17.9 Å². The minimum absolute atomic E-state index is 0.00357. The van der Waals surface area contributed by atoms with Gasteiger partial charge in [0.1, 0.15) is 5.82 Å².